The summed E-state index contributed by atoms with van der Waals surface area (Å²) in [5, 5.41) is 16.9. The number of nitrogens with one attached hydrogen (secondary N) is 1. The molecule has 0 fully saturated rings. The van der Waals surface area contributed by atoms with Crippen molar-refractivity contribution in [1.29, 1.82) is 0 Å². The van der Waals surface area contributed by atoms with Crippen molar-refractivity contribution in [1.82, 2.24) is 15.1 Å². The van der Waals surface area contributed by atoms with Gasteiger partial charge in [-0.1, -0.05) is 37.3 Å². The number of carbonyl (C=O) groups is 2. The monoisotopic (exact) mass is 343 g/mol. The second-order valence-corrected chi connectivity index (χ2v) is 6.25. The maximum Gasteiger partial charge on any atom is 0.334 e. The average molecular weight is 343 g/mol. The number of amides is 1. The van der Waals surface area contributed by atoms with E-state index < -0.39 is 11.5 Å². The van der Waals surface area contributed by atoms with Crippen molar-refractivity contribution in [2.24, 2.45) is 7.05 Å². The molecule has 2 rings (SSSR count). The minimum atomic E-state index is -1.41. The molecule has 1 atom stereocenters. The molecule has 6 nitrogen and oxygen atoms in total. The van der Waals surface area contributed by atoms with E-state index in [0.29, 0.717) is 12.0 Å². The normalized spacial score (nSPS) is 13.3. The standard InChI is InChI=1S/C19H25N3O3/c1-5-19(18(24)25,15-9-7-6-8-10-15)20-17(23)12-11-16-13(2)21-22(4)14(16)3/h6-10H,5,11-12H2,1-4H3,(H,20,23)(H,24,25). The van der Waals surface area contributed by atoms with E-state index in [-0.39, 0.29) is 18.7 Å². The van der Waals surface area contributed by atoms with Gasteiger partial charge in [-0.3, -0.25) is 9.48 Å². The minimum Gasteiger partial charge on any atom is -0.479 e. The van der Waals surface area contributed by atoms with Gasteiger partial charge >= 0.3 is 5.97 Å². The molecule has 0 saturated carbocycles. The van der Waals surface area contributed by atoms with Gasteiger partial charge in [0.15, 0.2) is 5.54 Å². The van der Waals surface area contributed by atoms with E-state index in [2.05, 4.69) is 10.4 Å². The van der Waals surface area contributed by atoms with E-state index in [9.17, 15) is 14.7 Å². The highest BCUT2D eigenvalue weighted by Gasteiger charge is 2.40. The fourth-order valence-electron chi connectivity index (χ4n) is 3.13. The molecular formula is C19H25N3O3. The molecule has 1 aromatic heterocycles. The Morgan fingerprint density at radius 2 is 1.88 bits per heavy atom. The Morgan fingerprint density at radius 3 is 2.36 bits per heavy atom. The van der Waals surface area contributed by atoms with E-state index in [4.69, 9.17) is 0 Å². The van der Waals surface area contributed by atoms with Gasteiger partial charge in [-0.25, -0.2) is 4.79 Å². The summed E-state index contributed by atoms with van der Waals surface area (Å²) >= 11 is 0. The first-order valence-corrected chi connectivity index (χ1v) is 8.40. The minimum absolute atomic E-state index is 0.217. The van der Waals surface area contributed by atoms with Gasteiger partial charge in [0.25, 0.3) is 0 Å². The number of aryl methyl sites for hydroxylation is 2. The molecule has 0 bridgehead atoms. The zero-order chi connectivity index (χ0) is 18.6. The van der Waals surface area contributed by atoms with E-state index >= 15 is 0 Å². The maximum atomic E-state index is 12.5. The molecule has 1 unspecified atom stereocenters. The van der Waals surface area contributed by atoms with Crippen LogP contribution in [0.25, 0.3) is 0 Å². The number of aliphatic carboxylic acids is 1. The van der Waals surface area contributed by atoms with Crippen molar-refractivity contribution in [3.05, 3.63) is 52.8 Å². The lowest BCUT2D eigenvalue weighted by Crippen LogP contribution is -2.51. The Kier molecular flexibility index (Phi) is 5.62. The predicted octanol–water partition coefficient (Wildman–Crippen LogP) is 2.48. The summed E-state index contributed by atoms with van der Waals surface area (Å²) in [4.78, 5) is 24.4. The Morgan fingerprint density at radius 1 is 1.24 bits per heavy atom. The van der Waals surface area contributed by atoms with Crippen LogP contribution in [0.1, 0.15) is 42.3 Å². The van der Waals surface area contributed by atoms with Gasteiger partial charge in [0.2, 0.25) is 5.91 Å². The van der Waals surface area contributed by atoms with Gasteiger partial charge < -0.3 is 10.4 Å². The summed E-state index contributed by atoms with van der Waals surface area (Å²) < 4.78 is 1.79. The second kappa shape index (κ2) is 7.51. The van der Waals surface area contributed by atoms with Crippen molar-refractivity contribution in [2.45, 2.75) is 45.6 Å². The highest BCUT2D eigenvalue weighted by atomic mass is 16.4. The molecule has 0 radical (unpaired) electrons. The molecule has 2 aromatic rings. The van der Waals surface area contributed by atoms with Crippen LogP contribution in [-0.4, -0.2) is 26.8 Å². The fraction of sp³-hybridized carbons (Fsp3) is 0.421. The molecule has 0 aliphatic heterocycles. The molecule has 134 valence electrons. The maximum absolute atomic E-state index is 12.5. The Bertz CT molecular complexity index is 768. The fourth-order valence-corrected chi connectivity index (χ4v) is 3.13. The Labute approximate surface area is 147 Å². The molecule has 0 spiro atoms. The lowest BCUT2D eigenvalue weighted by Gasteiger charge is -2.30. The van der Waals surface area contributed by atoms with Crippen LogP contribution in [0.5, 0.6) is 0 Å². The summed E-state index contributed by atoms with van der Waals surface area (Å²) in [5.74, 6) is -1.33. The van der Waals surface area contributed by atoms with Crippen LogP contribution in [0.3, 0.4) is 0 Å². The van der Waals surface area contributed by atoms with Gasteiger partial charge in [-0.15, -0.1) is 0 Å². The van der Waals surface area contributed by atoms with Crippen LogP contribution in [0, 0.1) is 13.8 Å². The van der Waals surface area contributed by atoms with Crippen LogP contribution in [0.4, 0.5) is 0 Å². The van der Waals surface area contributed by atoms with E-state index in [1.807, 2.05) is 27.0 Å². The topological polar surface area (TPSA) is 84.2 Å². The van der Waals surface area contributed by atoms with Crippen LogP contribution in [0.2, 0.25) is 0 Å². The van der Waals surface area contributed by atoms with E-state index in [1.54, 1.807) is 35.9 Å². The number of hydrogen-bond acceptors (Lipinski definition) is 3. The summed E-state index contributed by atoms with van der Waals surface area (Å²) in [6.07, 6.45) is 1.02. The first kappa shape index (κ1) is 18.7. The van der Waals surface area contributed by atoms with Crippen molar-refractivity contribution in [2.75, 3.05) is 0 Å². The molecule has 0 aliphatic rings. The summed E-state index contributed by atoms with van der Waals surface area (Å²) in [6.45, 7) is 5.64. The number of carboxylic acids is 1. The molecule has 1 heterocycles. The van der Waals surface area contributed by atoms with Crippen molar-refractivity contribution < 1.29 is 14.7 Å². The van der Waals surface area contributed by atoms with Gasteiger partial charge in [-0.05, 0) is 37.8 Å². The predicted molar refractivity (Wildman–Crippen MR) is 95.2 cm³/mol. The molecule has 1 aromatic carbocycles. The van der Waals surface area contributed by atoms with E-state index in [1.165, 1.54) is 0 Å². The number of hydrogen-bond donors (Lipinski definition) is 2. The zero-order valence-electron chi connectivity index (χ0n) is 15.2. The van der Waals surface area contributed by atoms with E-state index in [0.717, 1.165) is 17.0 Å². The summed E-state index contributed by atoms with van der Waals surface area (Å²) in [6, 6.07) is 8.83. The Balaban J connectivity index is 2.17. The molecule has 0 saturated heterocycles. The van der Waals surface area contributed by atoms with Crippen LogP contribution in [-0.2, 0) is 28.6 Å². The zero-order valence-corrected chi connectivity index (χ0v) is 15.2. The largest absolute Gasteiger partial charge is 0.479 e. The van der Waals surface area contributed by atoms with Crippen molar-refractivity contribution >= 4 is 11.9 Å². The number of carbonyl (C=O) groups excluding carboxylic acids is 1. The number of aromatic nitrogens is 2. The third-order valence-electron chi connectivity index (χ3n) is 4.78. The molecule has 0 aliphatic carbocycles. The third kappa shape index (κ3) is 3.73. The SMILES string of the molecule is CCC(NC(=O)CCc1c(C)nn(C)c1C)(C(=O)O)c1ccccc1. The second-order valence-electron chi connectivity index (χ2n) is 6.25. The average Bonchev–Trinajstić information content (AvgIpc) is 2.83. The number of nitrogens with zero attached hydrogens (tertiary/aromatic N) is 2. The first-order chi connectivity index (χ1) is 11.8. The lowest BCUT2D eigenvalue weighted by molar-refractivity contribution is -0.148. The third-order valence-corrected chi connectivity index (χ3v) is 4.78. The van der Waals surface area contributed by atoms with Crippen molar-refractivity contribution in [3.63, 3.8) is 0 Å². The number of carboxylic acid groups (broad SMARTS) is 1. The van der Waals surface area contributed by atoms with Gasteiger partial charge in [0, 0.05) is 19.2 Å². The van der Waals surface area contributed by atoms with Gasteiger partial charge in [0.05, 0.1) is 5.69 Å². The quantitative estimate of drug-likeness (QED) is 0.809. The summed E-state index contributed by atoms with van der Waals surface area (Å²) in [5.41, 5.74) is 2.13. The van der Waals surface area contributed by atoms with Crippen LogP contribution in [0.15, 0.2) is 30.3 Å². The van der Waals surface area contributed by atoms with Gasteiger partial charge in [-0.2, -0.15) is 5.10 Å². The molecule has 2 N–H and O–H groups in total. The highest BCUT2D eigenvalue weighted by Crippen LogP contribution is 2.26. The molecule has 6 heteroatoms. The molecule has 1 amide bonds. The smallest absolute Gasteiger partial charge is 0.334 e. The Hall–Kier alpha value is -2.63. The molecular weight excluding hydrogens is 318 g/mol. The highest BCUT2D eigenvalue weighted by molar-refractivity contribution is 5.88. The summed E-state index contributed by atoms with van der Waals surface area (Å²) in [7, 11) is 1.87. The van der Waals surface area contributed by atoms with Crippen LogP contribution >= 0.6 is 0 Å². The molecule has 25 heavy (non-hydrogen) atoms. The first-order valence-electron chi connectivity index (χ1n) is 8.40. The number of rotatable bonds is 7. The van der Waals surface area contributed by atoms with Crippen LogP contribution < -0.4 is 5.32 Å². The lowest BCUT2D eigenvalue weighted by atomic mass is 9.87. The van der Waals surface area contributed by atoms with Gasteiger partial charge in [0.1, 0.15) is 0 Å². The number of benzene rings is 1. The van der Waals surface area contributed by atoms with Crippen molar-refractivity contribution in [3.8, 4) is 0 Å².